The van der Waals surface area contributed by atoms with Crippen LogP contribution in [-0.4, -0.2) is 25.5 Å². The molecule has 0 N–H and O–H groups in total. The molecule has 1 aromatic carbocycles. The van der Waals surface area contributed by atoms with Crippen molar-refractivity contribution in [1.82, 2.24) is 0 Å². The van der Waals surface area contributed by atoms with Gasteiger partial charge in [0, 0.05) is 0 Å². The van der Waals surface area contributed by atoms with Crippen LogP contribution in [0.4, 0.5) is 0 Å². The lowest BCUT2D eigenvalue weighted by Gasteiger charge is -2.23. The maximum absolute atomic E-state index is 12.2. The van der Waals surface area contributed by atoms with E-state index < -0.39 is 5.92 Å². The van der Waals surface area contributed by atoms with E-state index in [0.29, 0.717) is 12.4 Å². The van der Waals surface area contributed by atoms with Crippen LogP contribution in [0.5, 0.6) is 5.75 Å². The Kier molecular flexibility index (Phi) is 4.23. The van der Waals surface area contributed by atoms with Crippen LogP contribution in [0.3, 0.4) is 0 Å². The Morgan fingerprint density at radius 3 is 2.75 bits per heavy atom. The van der Waals surface area contributed by atoms with E-state index in [9.17, 15) is 9.59 Å². The largest absolute Gasteiger partial charge is 0.497 e. The molecule has 1 aliphatic rings. The monoisotopic (exact) mass is 274 g/mol. The molecule has 1 aromatic rings. The molecule has 1 unspecified atom stereocenters. The number of esters is 1. The lowest BCUT2D eigenvalue weighted by molar-refractivity contribution is -0.144. The number of allylic oxidation sites excluding steroid dienone is 2. The minimum atomic E-state index is -0.483. The Hall–Kier alpha value is -2.10. The van der Waals surface area contributed by atoms with E-state index in [1.807, 2.05) is 25.1 Å². The number of benzene rings is 1. The van der Waals surface area contributed by atoms with Crippen molar-refractivity contribution in [2.24, 2.45) is 0 Å². The summed E-state index contributed by atoms with van der Waals surface area (Å²) in [5.74, 6) is -0.216. The highest BCUT2D eigenvalue weighted by molar-refractivity contribution is 6.06. The Morgan fingerprint density at radius 1 is 1.35 bits per heavy atom. The molecule has 0 aromatic heterocycles. The summed E-state index contributed by atoms with van der Waals surface area (Å²) in [6, 6.07) is 5.60. The first kappa shape index (κ1) is 14.3. The van der Waals surface area contributed by atoms with Crippen LogP contribution < -0.4 is 4.74 Å². The predicted octanol–water partition coefficient (Wildman–Crippen LogP) is 2.72. The third kappa shape index (κ3) is 2.74. The fraction of sp³-hybridized carbons (Fsp3) is 0.375. The number of hydrogen-bond donors (Lipinski definition) is 0. The molecule has 0 spiro atoms. The van der Waals surface area contributed by atoms with Gasteiger partial charge in [0.05, 0.1) is 26.1 Å². The average Bonchev–Trinajstić information content (AvgIpc) is 2.43. The van der Waals surface area contributed by atoms with Gasteiger partial charge < -0.3 is 9.47 Å². The maximum Gasteiger partial charge on any atom is 0.306 e. The SMILES string of the molecule is CCOC(=O)CC1C(=O)C=C(C)c2ccc(OC)cc21. The van der Waals surface area contributed by atoms with Gasteiger partial charge in [-0.25, -0.2) is 0 Å². The molecule has 0 aliphatic heterocycles. The normalized spacial score (nSPS) is 17.2. The van der Waals surface area contributed by atoms with E-state index in [1.165, 1.54) is 0 Å². The van der Waals surface area contributed by atoms with Crippen molar-refractivity contribution in [1.29, 1.82) is 0 Å². The van der Waals surface area contributed by atoms with Gasteiger partial charge in [-0.05, 0) is 48.8 Å². The van der Waals surface area contributed by atoms with Crippen molar-refractivity contribution in [2.75, 3.05) is 13.7 Å². The number of methoxy groups -OCH3 is 1. The zero-order chi connectivity index (χ0) is 14.7. The van der Waals surface area contributed by atoms with E-state index in [2.05, 4.69) is 0 Å². The zero-order valence-corrected chi connectivity index (χ0v) is 11.9. The molecule has 1 atom stereocenters. The Bertz CT molecular complexity index is 572. The summed E-state index contributed by atoms with van der Waals surface area (Å²) in [7, 11) is 1.58. The molecule has 0 saturated heterocycles. The van der Waals surface area contributed by atoms with Crippen LogP contribution in [0.1, 0.15) is 37.3 Å². The van der Waals surface area contributed by atoms with Crippen LogP contribution in [0.25, 0.3) is 5.57 Å². The maximum atomic E-state index is 12.2. The van der Waals surface area contributed by atoms with Gasteiger partial charge in [-0.2, -0.15) is 0 Å². The molecule has 0 fully saturated rings. The van der Waals surface area contributed by atoms with Crippen molar-refractivity contribution in [3.63, 3.8) is 0 Å². The van der Waals surface area contributed by atoms with Crippen molar-refractivity contribution < 1.29 is 19.1 Å². The molecule has 4 heteroatoms. The fourth-order valence-corrected chi connectivity index (χ4v) is 2.46. The summed E-state index contributed by atoms with van der Waals surface area (Å²) >= 11 is 0. The van der Waals surface area contributed by atoms with Gasteiger partial charge in [0.15, 0.2) is 5.78 Å². The van der Waals surface area contributed by atoms with Crippen LogP contribution in [-0.2, 0) is 14.3 Å². The molecule has 20 heavy (non-hydrogen) atoms. The van der Waals surface area contributed by atoms with Gasteiger partial charge in [0.1, 0.15) is 5.75 Å². The molecule has 0 amide bonds. The smallest absolute Gasteiger partial charge is 0.306 e. The van der Waals surface area contributed by atoms with Gasteiger partial charge in [0.25, 0.3) is 0 Å². The standard InChI is InChI=1S/C16H18O4/c1-4-20-16(18)9-14-13-8-11(19-3)5-6-12(13)10(2)7-15(14)17/h5-8,14H,4,9H2,1-3H3. The lowest BCUT2D eigenvalue weighted by atomic mass is 9.81. The Labute approximate surface area is 118 Å². The van der Waals surface area contributed by atoms with E-state index in [4.69, 9.17) is 9.47 Å². The number of ether oxygens (including phenoxy) is 2. The molecular weight excluding hydrogens is 256 g/mol. The van der Waals surface area contributed by atoms with Crippen molar-refractivity contribution in [3.05, 3.63) is 35.4 Å². The molecule has 0 bridgehead atoms. The first-order chi connectivity index (χ1) is 9.56. The van der Waals surface area contributed by atoms with Crippen LogP contribution in [0.2, 0.25) is 0 Å². The summed E-state index contributed by atoms with van der Waals surface area (Å²) in [5, 5.41) is 0. The molecular formula is C16H18O4. The van der Waals surface area contributed by atoms with Crippen molar-refractivity contribution >= 4 is 17.3 Å². The van der Waals surface area contributed by atoms with Gasteiger partial charge in [-0.3, -0.25) is 9.59 Å². The summed E-state index contributed by atoms with van der Waals surface area (Å²) < 4.78 is 10.2. The highest BCUT2D eigenvalue weighted by Crippen LogP contribution is 2.36. The Morgan fingerprint density at radius 2 is 2.10 bits per heavy atom. The van der Waals surface area contributed by atoms with E-state index >= 15 is 0 Å². The Balaban J connectivity index is 2.39. The first-order valence-corrected chi connectivity index (χ1v) is 6.63. The second-order valence-corrected chi connectivity index (χ2v) is 4.74. The predicted molar refractivity (Wildman–Crippen MR) is 75.6 cm³/mol. The summed E-state index contributed by atoms with van der Waals surface area (Å²) in [5.41, 5.74) is 2.73. The third-order valence-electron chi connectivity index (χ3n) is 3.44. The summed E-state index contributed by atoms with van der Waals surface area (Å²) in [4.78, 5) is 23.9. The average molecular weight is 274 g/mol. The van der Waals surface area contributed by atoms with Gasteiger partial charge in [-0.15, -0.1) is 0 Å². The molecule has 0 saturated carbocycles. The minimum absolute atomic E-state index is 0.0590. The van der Waals surface area contributed by atoms with E-state index in [-0.39, 0.29) is 18.2 Å². The topological polar surface area (TPSA) is 52.6 Å². The first-order valence-electron chi connectivity index (χ1n) is 6.63. The number of carbonyl (C=O) groups is 2. The molecule has 1 aliphatic carbocycles. The highest BCUT2D eigenvalue weighted by Gasteiger charge is 2.29. The fourth-order valence-electron chi connectivity index (χ4n) is 2.46. The number of rotatable bonds is 4. The second-order valence-electron chi connectivity index (χ2n) is 4.74. The number of ketones is 1. The van der Waals surface area contributed by atoms with Crippen LogP contribution in [0, 0.1) is 0 Å². The van der Waals surface area contributed by atoms with Crippen molar-refractivity contribution in [3.8, 4) is 5.75 Å². The number of carbonyl (C=O) groups excluding carboxylic acids is 2. The van der Waals surface area contributed by atoms with Gasteiger partial charge in [0.2, 0.25) is 0 Å². The third-order valence-corrected chi connectivity index (χ3v) is 3.44. The summed E-state index contributed by atoms with van der Waals surface area (Å²) in [6.45, 7) is 3.96. The minimum Gasteiger partial charge on any atom is -0.497 e. The lowest BCUT2D eigenvalue weighted by Crippen LogP contribution is -2.21. The molecule has 0 radical (unpaired) electrons. The zero-order valence-electron chi connectivity index (χ0n) is 11.9. The van der Waals surface area contributed by atoms with Crippen LogP contribution >= 0.6 is 0 Å². The molecule has 0 heterocycles. The number of fused-ring (bicyclic) bond motifs is 1. The van der Waals surface area contributed by atoms with E-state index in [1.54, 1.807) is 20.1 Å². The molecule has 4 nitrogen and oxygen atoms in total. The quantitative estimate of drug-likeness (QED) is 0.792. The van der Waals surface area contributed by atoms with Gasteiger partial charge in [-0.1, -0.05) is 6.07 Å². The number of hydrogen-bond acceptors (Lipinski definition) is 4. The van der Waals surface area contributed by atoms with Gasteiger partial charge >= 0.3 is 5.97 Å². The van der Waals surface area contributed by atoms with Crippen LogP contribution in [0.15, 0.2) is 24.3 Å². The molecule has 2 rings (SSSR count). The second kappa shape index (κ2) is 5.90. The van der Waals surface area contributed by atoms with Crippen molar-refractivity contribution in [2.45, 2.75) is 26.2 Å². The molecule has 106 valence electrons. The highest BCUT2D eigenvalue weighted by atomic mass is 16.5. The van der Waals surface area contributed by atoms with E-state index in [0.717, 1.165) is 16.7 Å². The summed E-state index contributed by atoms with van der Waals surface area (Å²) in [6.07, 6.45) is 1.66.